The molecule has 0 saturated carbocycles. The van der Waals surface area contributed by atoms with E-state index in [1.54, 1.807) is 6.20 Å². The topological polar surface area (TPSA) is 104 Å². The molecule has 2 aromatic rings. The lowest BCUT2D eigenvalue weighted by molar-refractivity contribution is 0.0796. The number of hydrogen-bond acceptors (Lipinski definition) is 7. The summed E-state index contributed by atoms with van der Waals surface area (Å²) in [7, 11) is -1.14. The van der Waals surface area contributed by atoms with E-state index < -0.39 is 8.07 Å². The summed E-state index contributed by atoms with van der Waals surface area (Å²) >= 11 is 0. The fraction of sp³-hybridized carbons (Fsp3) is 0.579. The quantitative estimate of drug-likeness (QED) is 0.540. The molecule has 9 heteroatoms. The van der Waals surface area contributed by atoms with Gasteiger partial charge in [-0.1, -0.05) is 19.6 Å². The predicted octanol–water partition coefficient (Wildman–Crippen LogP) is 2.57. The maximum atomic E-state index is 6.36. The molecule has 0 aromatic carbocycles. The van der Waals surface area contributed by atoms with Gasteiger partial charge in [-0.15, -0.1) is 0 Å². The Bertz CT molecular complexity index is 811. The first kappa shape index (κ1) is 20.6. The largest absolute Gasteiger partial charge is 0.397 e. The van der Waals surface area contributed by atoms with E-state index in [2.05, 4.69) is 34.6 Å². The van der Waals surface area contributed by atoms with Crippen LogP contribution in [-0.4, -0.2) is 55.7 Å². The molecular formula is C19H32N6O2Si. The van der Waals surface area contributed by atoms with Crippen LogP contribution in [0.3, 0.4) is 0 Å². The van der Waals surface area contributed by atoms with Crippen molar-refractivity contribution in [3.63, 3.8) is 0 Å². The van der Waals surface area contributed by atoms with E-state index in [-0.39, 0.29) is 0 Å². The Morgan fingerprint density at radius 1 is 1.21 bits per heavy atom. The van der Waals surface area contributed by atoms with Gasteiger partial charge in [0.05, 0.1) is 42.2 Å². The van der Waals surface area contributed by atoms with Crippen LogP contribution >= 0.6 is 0 Å². The molecule has 8 nitrogen and oxygen atoms in total. The predicted molar refractivity (Wildman–Crippen MR) is 116 cm³/mol. The highest BCUT2D eigenvalue weighted by atomic mass is 28.3. The minimum Gasteiger partial charge on any atom is -0.397 e. The van der Waals surface area contributed by atoms with E-state index in [0.717, 1.165) is 48.5 Å². The van der Waals surface area contributed by atoms with Crippen molar-refractivity contribution in [2.75, 3.05) is 49.3 Å². The van der Waals surface area contributed by atoms with Crippen LogP contribution in [0.2, 0.25) is 25.7 Å². The van der Waals surface area contributed by atoms with E-state index in [9.17, 15) is 0 Å². The Morgan fingerprint density at radius 2 is 1.93 bits per heavy atom. The molecule has 2 aromatic heterocycles. The zero-order valence-corrected chi connectivity index (χ0v) is 18.4. The van der Waals surface area contributed by atoms with Crippen LogP contribution in [0.25, 0.3) is 11.3 Å². The lowest BCUT2D eigenvalue weighted by atomic mass is 10.1. The Labute approximate surface area is 167 Å². The van der Waals surface area contributed by atoms with Gasteiger partial charge in [-0.2, -0.15) is 5.10 Å². The van der Waals surface area contributed by atoms with Crippen molar-refractivity contribution in [3.8, 4) is 11.3 Å². The van der Waals surface area contributed by atoms with Crippen LogP contribution in [-0.2, 0) is 16.2 Å². The number of anilines is 3. The van der Waals surface area contributed by atoms with E-state index in [1.165, 1.54) is 0 Å². The first-order valence-corrected chi connectivity index (χ1v) is 13.5. The molecule has 0 amide bonds. The summed E-state index contributed by atoms with van der Waals surface area (Å²) in [6, 6.07) is 3.10. The maximum Gasteiger partial charge on any atom is 0.140 e. The number of aryl methyl sites for hydroxylation is 1. The highest BCUT2D eigenvalue weighted by Crippen LogP contribution is 2.34. The van der Waals surface area contributed by atoms with Gasteiger partial charge in [0.15, 0.2) is 0 Å². The molecule has 28 heavy (non-hydrogen) atoms. The third kappa shape index (κ3) is 4.84. The number of morpholine rings is 1. The van der Waals surface area contributed by atoms with Crippen LogP contribution < -0.4 is 16.4 Å². The summed E-state index contributed by atoms with van der Waals surface area (Å²) in [6.07, 6.45) is 1.69. The van der Waals surface area contributed by atoms with Crippen LogP contribution in [0.5, 0.6) is 0 Å². The van der Waals surface area contributed by atoms with Crippen molar-refractivity contribution < 1.29 is 9.47 Å². The smallest absolute Gasteiger partial charge is 0.140 e. The van der Waals surface area contributed by atoms with Gasteiger partial charge in [0.1, 0.15) is 12.5 Å². The third-order valence-corrected chi connectivity index (χ3v) is 6.60. The summed E-state index contributed by atoms with van der Waals surface area (Å²) in [5.41, 5.74) is 16.2. The molecule has 4 N–H and O–H groups in total. The average molecular weight is 405 g/mol. The van der Waals surface area contributed by atoms with Gasteiger partial charge in [0, 0.05) is 33.3 Å². The summed E-state index contributed by atoms with van der Waals surface area (Å²) < 4.78 is 13.2. The van der Waals surface area contributed by atoms with E-state index in [0.29, 0.717) is 31.3 Å². The minimum absolute atomic E-state index is 0.354. The zero-order chi connectivity index (χ0) is 20.3. The van der Waals surface area contributed by atoms with Crippen LogP contribution in [0.1, 0.15) is 5.69 Å². The van der Waals surface area contributed by atoms with E-state index in [4.69, 9.17) is 20.9 Å². The van der Waals surface area contributed by atoms with Crippen molar-refractivity contribution >= 4 is 25.3 Å². The van der Waals surface area contributed by atoms with Gasteiger partial charge in [-0.25, -0.2) is 9.67 Å². The Hall–Kier alpha value is -2.10. The van der Waals surface area contributed by atoms with Crippen molar-refractivity contribution in [1.29, 1.82) is 0 Å². The summed E-state index contributed by atoms with van der Waals surface area (Å²) in [5.74, 6) is 0.872. The van der Waals surface area contributed by atoms with Crippen LogP contribution in [0.4, 0.5) is 17.2 Å². The first-order chi connectivity index (χ1) is 13.3. The normalized spacial score (nSPS) is 15.2. The summed E-state index contributed by atoms with van der Waals surface area (Å²) in [6.45, 7) is 13.0. The van der Waals surface area contributed by atoms with Gasteiger partial charge in [0.25, 0.3) is 0 Å². The van der Waals surface area contributed by atoms with Crippen LogP contribution in [0, 0.1) is 6.92 Å². The van der Waals surface area contributed by atoms with E-state index >= 15 is 0 Å². The van der Waals surface area contributed by atoms with Crippen molar-refractivity contribution in [2.24, 2.45) is 0 Å². The number of nitrogens with zero attached hydrogens (tertiary/aromatic N) is 4. The number of hydrogen-bond donors (Lipinski definition) is 2. The summed E-state index contributed by atoms with van der Waals surface area (Å²) in [4.78, 5) is 6.70. The SMILES string of the molecule is Cc1nn(COCC[Si](C)(C)C)c(-c2cc(N3CCOCC3)ncc2N)c1N. The minimum atomic E-state index is -1.14. The number of aromatic nitrogens is 3. The maximum absolute atomic E-state index is 6.36. The fourth-order valence-electron chi connectivity index (χ4n) is 3.13. The second-order valence-corrected chi connectivity index (χ2v) is 14.0. The Morgan fingerprint density at radius 3 is 2.61 bits per heavy atom. The van der Waals surface area contributed by atoms with Crippen molar-refractivity contribution in [3.05, 3.63) is 18.0 Å². The lowest BCUT2D eigenvalue weighted by Gasteiger charge is -2.28. The first-order valence-electron chi connectivity index (χ1n) is 9.75. The molecule has 1 aliphatic heterocycles. The summed E-state index contributed by atoms with van der Waals surface area (Å²) in [5, 5.41) is 4.57. The second kappa shape index (κ2) is 8.50. The molecule has 1 saturated heterocycles. The number of nitrogen functional groups attached to an aromatic ring is 2. The standard InChI is InChI=1S/C19H32N6O2Si/c1-14-18(21)19(25(23-14)13-27-9-10-28(2,3)4)15-11-17(22-12-16(15)20)24-5-7-26-8-6-24/h11-12H,5-10,13,20-21H2,1-4H3. The number of ether oxygens (including phenoxy) is 2. The average Bonchev–Trinajstić information content (AvgIpc) is 2.93. The molecule has 0 unspecified atom stereocenters. The molecule has 0 atom stereocenters. The number of rotatable bonds is 7. The molecule has 1 aliphatic rings. The molecule has 0 spiro atoms. The second-order valence-electron chi connectivity index (χ2n) is 8.42. The van der Waals surface area contributed by atoms with Crippen molar-refractivity contribution in [1.82, 2.24) is 14.8 Å². The molecule has 3 heterocycles. The Balaban J connectivity index is 1.86. The van der Waals surface area contributed by atoms with Gasteiger partial charge < -0.3 is 25.8 Å². The fourth-order valence-corrected chi connectivity index (χ4v) is 3.88. The Kier molecular flexibility index (Phi) is 6.26. The van der Waals surface area contributed by atoms with Crippen LogP contribution in [0.15, 0.2) is 12.3 Å². The van der Waals surface area contributed by atoms with Gasteiger partial charge in [-0.3, -0.25) is 0 Å². The number of pyridine rings is 1. The molecule has 0 radical (unpaired) electrons. The number of nitrogens with two attached hydrogens (primary N) is 2. The molecule has 1 fully saturated rings. The molecule has 0 bridgehead atoms. The third-order valence-electron chi connectivity index (χ3n) is 4.89. The molecular weight excluding hydrogens is 372 g/mol. The molecule has 0 aliphatic carbocycles. The highest BCUT2D eigenvalue weighted by molar-refractivity contribution is 6.76. The van der Waals surface area contributed by atoms with Crippen molar-refractivity contribution in [2.45, 2.75) is 39.3 Å². The molecule has 154 valence electrons. The molecule has 3 rings (SSSR count). The zero-order valence-electron chi connectivity index (χ0n) is 17.4. The lowest BCUT2D eigenvalue weighted by Crippen LogP contribution is -2.36. The van der Waals surface area contributed by atoms with Gasteiger partial charge in [0.2, 0.25) is 0 Å². The monoisotopic (exact) mass is 404 g/mol. The highest BCUT2D eigenvalue weighted by Gasteiger charge is 2.20. The van der Waals surface area contributed by atoms with E-state index in [1.807, 2.05) is 17.7 Å². The van der Waals surface area contributed by atoms with Gasteiger partial charge in [-0.05, 0) is 19.0 Å². The van der Waals surface area contributed by atoms with Gasteiger partial charge >= 0.3 is 0 Å².